The molecule has 0 aromatic heterocycles. The molecule has 2 atom stereocenters. The molecule has 348 valence electrons. The Balaban J connectivity index is 4.42. The summed E-state index contributed by atoms with van der Waals surface area (Å²) in [6.45, 7) is 6.32. The van der Waals surface area contributed by atoms with Gasteiger partial charge in [0, 0.05) is 19.4 Å². The van der Waals surface area contributed by atoms with E-state index in [-0.39, 0.29) is 37.0 Å². The Kier molecular flexibility index (Phi) is 43.6. The van der Waals surface area contributed by atoms with Gasteiger partial charge in [0.25, 0.3) is 0 Å². The third-order valence-corrected chi connectivity index (χ3v) is 11.4. The van der Waals surface area contributed by atoms with Gasteiger partial charge in [-0.25, -0.2) is 4.79 Å². The third kappa shape index (κ3) is 41.0. The van der Waals surface area contributed by atoms with Gasteiger partial charge in [-0.3, -0.25) is 14.4 Å². The summed E-state index contributed by atoms with van der Waals surface area (Å²) in [5.41, 5.74) is 11.5. The predicted molar refractivity (Wildman–Crippen MR) is 246 cm³/mol. The smallest absolute Gasteiger partial charge is 0.328 e. The van der Waals surface area contributed by atoms with Crippen LogP contribution in [-0.2, 0) is 28.7 Å². The first-order valence-electron chi connectivity index (χ1n) is 25.2. The lowest BCUT2D eigenvalue weighted by molar-refractivity contribution is -0.149. The van der Waals surface area contributed by atoms with Gasteiger partial charge < -0.3 is 31.6 Å². The minimum atomic E-state index is -0.886. The molecule has 59 heavy (non-hydrogen) atoms. The van der Waals surface area contributed by atoms with Crippen LogP contribution in [0.4, 0.5) is 0 Å². The van der Waals surface area contributed by atoms with Gasteiger partial charge >= 0.3 is 11.9 Å². The fourth-order valence-electron chi connectivity index (χ4n) is 7.47. The third-order valence-electron chi connectivity index (χ3n) is 11.4. The van der Waals surface area contributed by atoms with Crippen LogP contribution in [0, 0.1) is 0 Å². The van der Waals surface area contributed by atoms with Crippen molar-refractivity contribution >= 4 is 23.8 Å². The van der Waals surface area contributed by atoms with Crippen molar-refractivity contribution in [2.45, 2.75) is 264 Å². The van der Waals surface area contributed by atoms with Gasteiger partial charge in [-0.15, -0.1) is 0 Å². The highest BCUT2D eigenvalue weighted by atomic mass is 16.5. The molecule has 0 aliphatic heterocycles. The van der Waals surface area contributed by atoms with E-state index in [0.717, 1.165) is 64.2 Å². The molecule has 0 aromatic carbocycles. The first-order valence-corrected chi connectivity index (χ1v) is 25.2. The number of ether oxygens (including phenoxy) is 2. The number of rotatable bonds is 46. The van der Waals surface area contributed by atoms with Crippen molar-refractivity contribution in [2.75, 3.05) is 26.3 Å². The number of carbonyl (C=O) groups is 4. The molecule has 0 aromatic rings. The van der Waals surface area contributed by atoms with Crippen molar-refractivity contribution in [1.29, 1.82) is 0 Å². The number of esters is 2. The number of carbonyl (C=O) groups excluding carboxylic acids is 4. The maximum atomic E-state index is 13.1. The van der Waals surface area contributed by atoms with Crippen LogP contribution in [0.3, 0.4) is 0 Å². The SMILES string of the molecule is CCCCCCCCCCCCCCCCOC(=O)CCC(NC(=O)CCCCCNC(=O)C(N)CCCCN)C(=O)OCCCCCCCCCCCCCCCC. The van der Waals surface area contributed by atoms with Crippen molar-refractivity contribution in [2.24, 2.45) is 11.5 Å². The lowest BCUT2D eigenvalue weighted by atomic mass is 10.0. The maximum absolute atomic E-state index is 13.1. The summed E-state index contributed by atoms with van der Waals surface area (Å²) in [5, 5.41) is 5.70. The summed E-state index contributed by atoms with van der Waals surface area (Å²) < 4.78 is 11.1. The van der Waals surface area contributed by atoms with E-state index in [2.05, 4.69) is 24.5 Å². The lowest BCUT2D eigenvalue weighted by Crippen LogP contribution is -2.42. The Labute approximate surface area is 363 Å². The zero-order chi connectivity index (χ0) is 43.3. The van der Waals surface area contributed by atoms with Crippen LogP contribution in [0.15, 0.2) is 0 Å². The van der Waals surface area contributed by atoms with Crippen LogP contribution in [0.1, 0.15) is 251 Å². The number of unbranched alkanes of at least 4 members (excludes halogenated alkanes) is 29. The van der Waals surface area contributed by atoms with E-state index < -0.39 is 18.1 Å². The predicted octanol–water partition coefficient (Wildman–Crippen LogP) is 11.4. The van der Waals surface area contributed by atoms with E-state index in [0.29, 0.717) is 39.1 Å². The molecule has 2 unspecified atom stereocenters. The summed E-state index contributed by atoms with van der Waals surface area (Å²) in [6.07, 6.45) is 40.2. The van der Waals surface area contributed by atoms with Gasteiger partial charge in [0.1, 0.15) is 6.04 Å². The average Bonchev–Trinajstić information content (AvgIpc) is 3.23. The zero-order valence-electron chi connectivity index (χ0n) is 38.8. The summed E-state index contributed by atoms with van der Waals surface area (Å²) in [6, 6.07) is -1.41. The fourth-order valence-corrected chi connectivity index (χ4v) is 7.47. The topological polar surface area (TPSA) is 163 Å². The number of nitrogens with one attached hydrogen (secondary N) is 2. The fraction of sp³-hybridized carbons (Fsp3) is 0.918. The van der Waals surface area contributed by atoms with Crippen LogP contribution >= 0.6 is 0 Å². The Morgan fingerprint density at radius 2 is 0.898 bits per heavy atom. The van der Waals surface area contributed by atoms with E-state index in [9.17, 15) is 19.2 Å². The quantitative estimate of drug-likeness (QED) is 0.0348. The molecule has 10 nitrogen and oxygen atoms in total. The summed E-state index contributed by atoms with van der Waals surface area (Å²) in [4.78, 5) is 50.7. The van der Waals surface area contributed by atoms with Crippen LogP contribution < -0.4 is 22.1 Å². The largest absolute Gasteiger partial charge is 0.466 e. The highest BCUT2D eigenvalue weighted by molar-refractivity contribution is 5.85. The van der Waals surface area contributed by atoms with E-state index in [1.807, 2.05) is 0 Å². The van der Waals surface area contributed by atoms with Crippen molar-refractivity contribution in [1.82, 2.24) is 10.6 Å². The van der Waals surface area contributed by atoms with Gasteiger partial charge in [-0.05, 0) is 51.5 Å². The van der Waals surface area contributed by atoms with Crippen molar-refractivity contribution < 1.29 is 28.7 Å². The van der Waals surface area contributed by atoms with Crippen LogP contribution in [0.2, 0.25) is 0 Å². The minimum Gasteiger partial charge on any atom is -0.466 e. The number of amides is 2. The van der Waals surface area contributed by atoms with Gasteiger partial charge in [0.15, 0.2) is 0 Å². The van der Waals surface area contributed by atoms with E-state index in [4.69, 9.17) is 20.9 Å². The number of hydrogen-bond donors (Lipinski definition) is 4. The number of hydrogen-bond acceptors (Lipinski definition) is 8. The second-order valence-corrected chi connectivity index (χ2v) is 17.2. The van der Waals surface area contributed by atoms with Crippen LogP contribution in [0.5, 0.6) is 0 Å². The van der Waals surface area contributed by atoms with E-state index >= 15 is 0 Å². The Morgan fingerprint density at radius 1 is 0.475 bits per heavy atom. The standard InChI is InChI=1S/C49H96N4O6/c1-3-5-7-9-11-13-15-17-19-21-23-25-27-34-42-58-47(55)39-38-45(53-46(54)37-30-29-33-41-52-48(56)44(51)36-31-32-40-50)49(57)59-43-35-28-26-24-22-20-18-16-14-12-10-8-6-4-2/h44-45H,3-43,50-51H2,1-2H3,(H,52,56)(H,53,54). The Morgan fingerprint density at radius 3 is 1.36 bits per heavy atom. The molecule has 0 aliphatic carbocycles. The highest BCUT2D eigenvalue weighted by Gasteiger charge is 2.23. The summed E-state index contributed by atoms with van der Waals surface area (Å²) >= 11 is 0. The first kappa shape index (κ1) is 56.8. The van der Waals surface area contributed by atoms with Gasteiger partial charge in [-0.1, -0.05) is 194 Å². The molecule has 0 radical (unpaired) electrons. The molecule has 0 spiro atoms. The molecular formula is C49H96N4O6. The highest BCUT2D eigenvalue weighted by Crippen LogP contribution is 2.15. The van der Waals surface area contributed by atoms with Gasteiger partial charge in [0.2, 0.25) is 11.8 Å². The first-order chi connectivity index (χ1) is 28.8. The molecule has 6 N–H and O–H groups in total. The van der Waals surface area contributed by atoms with Crippen molar-refractivity contribution in [3.63, 3.8) is 0 Å². The Hall–Kier alpha value is -2.20. The second-order valence-electron chi connectivity index (χ2n) is 17.2. The van der Waals surface area contributed by atoms with Gasteiger partial charge in [-0.2, -0.15) is 0 Å². The van der Waals surface area contributed by atoms with Crippen LogP contribution in [0.25, 0.3) is 0 Å². The van der Waals surface area contributed by atoms with E-state index in [1.54, 1.807) is 0 Å². The van der Waals surface area contributed by atoms with E-state index in [1.165, 1.54) is 141 Å². The molecule has 0 saturated carbocycles. The molecule has 0 rings (SSSR count). The Bertz CT molecular complexity index is 967. The molecule has 2 amide bonds. The second kappa shape index (κ2) is 45.3. The average molecular weight is 837 g/mol. The molecule has 0 bridgehead atoms. The molecule has 0 heterocycles. The summed E-state index contributed by atoms with van der Waals surface area (Å²) in [5.74, 6) is -1.24. The minimum absolute atomic E-state index is 0.0472. The molecule has 0 fully saturated rings. The van der Waals surface area contributed by atoms with Gasteiger partial charge in [0.05, 0.1) is 19.3 Å². The molecular weight excluding hydrogens is 741 g/mol. The monoisotopic (exact) mass is 837 g/mol. The van der Waals surface area contributed by atoms with Crippen molar-refractivity contribution in [3.8, 4) is 0 Å². The summed E-state index contributed by atoms with van der Waals surface area (Å²) in [7, 11) is 0. The van der Waals surface area contributed by atoms with Crippen molar-refractivity contribution in [3.05, 3.63) is 0 Å². The van der Waals surface area contributed by atoms with Crippen LogP contribution in [-0.4, -0.2) is 62.1 Å². The normalized spacial score (nSPS) is 12.3. The number of nitrogens with two attached hydrogens (primary N) is 2. The molecule has 0 aliphatic rings. The molecule has 0 saturated heterocycles. The lowest BCUT2D eigenvalue weighted by Gasteiger charge is -2.18. The zero-order valence-corrected chi connectivity index (χ0v) is 38.8. The molecule has 10 heteroatoms. The maximum Gasteiger partial charge on any atom is 0.328 e.